The number of nitrogens with zero attached hydrogens (tertiary/aromatic N) is 1. The molecule has 1 atom stereocenters. The zero-order valence-electron chi connectivity index (χ0n) is 15.1. The third-order valence-electron chi connectivity index (χ3n) is 3.98. The standard InChI is InChI=1S/C19H28N2O3/c1-14-8-7-9-15(12-14)13-20-17(22)16-10-5-6-11-21(16)18(23)24-19(2,3)4/h7-9,12,16H,5-6,10-11,13H2,1-4H3,(H,20,22)/t16-/m0/s1. The van der Waals surface area contributed by atoms with Gasteiger partial charge in [-0.05, 0) is 52.5 Å². The van der Waals surface area contributed by atoms with Gasteiger partial charge in [-0.1, -0.05) is 29.8 Å². The van der Waals surface area contributed by atoms with Gasteiger partial charge in [0.25, 0.3) is 0 Å². The quantitative estimate of drug-likeness (QED) is 0.923. The predicted octanol–water partition coefficient (Wildman–Crippen LogP) is 3.40. The molecule has 1 fully saturated rings. The van der Waals surface area contributed by atoms with Gasteiger partial charge in [-0.2, -0.15) is 0 Å². The number of likely N-dealkylation sites (tertiary alicyclic amines) is 1. The molecule has 24 heavy (non-hydrogen) atoms. The van der Waals surface area contributed by atoms with Crippen LogP contribution < -0.4 is 5.32 Å². The van der Waals surface area contributed by atoms with E-state index >= 15 is 0 Å². The Morgan fingerprint density at radius 3 is 2.71 bits per heavy atom. The monoisotopic (exact) mass is 332 g/mol. The van der Waals surface area contributed by atoms with Gasteiger partial charge in [0.15, 0.2) is 0 Å². The number of rotatable bonds is 3. The molecule has 0 aliphatic carbocycles. The number of benzene rings is 1. The van der Waals surface area contributed by atoms with Gasteiger partial charge in [-0.3, -0.25) is 9.69 Å². The number of amides is 2. The molecule has 2 rings (SSSR count). The highest BCUT2D eigenvalue weighted by Gasteiger charge is 2.34. The van der Waals surface area contributed by atoms with Crippen molar-refractivity contribution >= 4 is 12.0 Å². The van der Waals surface area contributed by atoms with Crippen LogP contribution in [0, 0.1) is 6.92 Å². The topological polar surface area (TPSA) is 58.6 Å². The maximum absolute atomic E-state index is 12.6. The van der Waals surface area contributed by atoms with Crippen molar-refractivity contribution in [3.8, 4) is 0 Å². The van der Waals surface area contributed by atoms with Gasteiger partial charge >= 0.3 is 6.09 Å². The molecule has 5 heteroatoms. The third kappa shape index (κ3) is 5.25. The Kier molecular flexibility index (Phi) is 5.86. The van der Waals surface area contributed by atoms with Crippen LogP contribution in [-0.2, 0) is 16.1 Å². The Morgan fingerprint density at radius 2 is 2.04 bits per heavy atom. The fourth-order valence-corrected chi connectivity index (χ4v) is 2.87. The number of ether oxygens (including phenoxy) is 1. The lowest BCUT2D eigenvalue weighted by atomic mass is 10.0. The minimum absolute atomic E-state index is 0.109. The Bertz CT molecular complexity index is 593. The lowest BCUT2D eigenvalue weighted by Gasteiger charge is -2.35. The van der Waals surface area contributed by atoms with Crippen molar-refractivity contribution in [3.05, 3.63) is 35.4 Å². The molecule has 1 heterocycles. The van der Waals surface area contributed by atoms with Gasteiger partial charge in [-0.15, -0.1) is 0 Å². The van der Waals surface area contributed by atoms with E-state index in [0.29, 0.717) is 19.5 Å². The van der Waals surface area contributed by atoms with E-state index in [0.717, 1.165) is 24.0 Å². The van der Waals surface area contributed by atoms with Crippen molar-refractivity contribution in [1.29, 1.82) is 0 Å². The second-order valence-corrected chi connectivity index (χ2v) is 7.39. The van der Waals surface area contributed by atoms with Crippen LogP contribution in [0.3, 0.4) is 0 Å². The molecule has 0 spiro atoms. The Labute approximate surface area is 144 Å². The summed E-state index contributed by atoms with van der Waals surface area (Å²) < 4.78 is 5.44. The summed E-state index contributed by atoms with van der Waals surface area (Å²) in [5.74, 6) is -0.109. The lowest BCUT2D eigenvalue weighted by Crippen LogP contribution is -2.52. The highest BCUT2D eigenvalue weighted by Crippen LogP contribution is 2.20. The summed E-state index contributed by atoms with van der Waals surface area (Å²) in [4.78, 5) is 26.5. The molecule has 0 aromatic heterocycles. The van der Waals surface area contributed by atoms with E-state index in [1.807, 2.05) is 52.0 Å². The average Bonchev–Trinajstić information content (AvgIpc) is 2.51. The maximum Gasteiger partial charge on any atom is 0.410 e. The van der Waals surface area contributed by atoms with Gasteiger partial charge in [0.1, 0.15) is 11.6 Å². The first-order valence-corrected chi connectivity index (χ1v) is 8.59. The molecule has 0 radical (unpaired) electrons. The van der Waals surface area contributed by atoms with Crippen LogP contribution >= 0.6 is 0 Å². The molecule has 132 valence electrons. The Balaban J connectivity index is 1.98. The second kappa shape index (κ2) is 7.69. The first-order valence-electron chi connectivity index (χ1n) is 8.59. The van der Waals surface area contributed by atoms with Gasteiger partial charge in [0.05, 0.1) is 0 Å². The van der Waals surface area contributed by atoms with Crippen LogP contribution in [0.1, 0.15) is 51.2 Å². The van der Waals surface area contributed by atoms with Crippen LogP contribution in [0.5, 0.6) is 0 Å². The van der Waals surface area contributed by atoms with Crippen LogP contribution in [-0.4, -0.2) is 35.1 Å². The number of hydrogen-bond acceptors (Lipinski definition) is 3. The molecular weight excluding hydrogens is 304 g/mol. The molecule has 1 N–H and O–H groups in total. The van der Waals surface area contributed by atoms with Crippen LogP contribution in [0.2, 0.25) is 0 Å². The van der Waals surface area contributed by atoms with Gasteiger partial charge < -0.3 is 10.1 Å². The number of carbonyl (C=O) groups is 2. The Morgan fingerprint density at radius 1 is 1.29 bits per heavy atom. The summed E-state index contributed by atoms with van der Waals surface area (Å²) in [6, 6.07) is 7.59. The fraction of sp³-hybridized carbons (Fsp3) is 0.579. The SMILES string of the molecule is Cc1cccc(CNC(=O)[C@@H]2CCCCN2C(=O)OC(C)(C)C)c1. The first kappa shape index (κ1) is 18.3. The molecule has 1 aliphatic rings. The fourth-order valence-electron chi connectivity index (χ4n) is 2.87. The number of aryl methyl sites for hydroxylation is 1. The summed E-state index contributed by atoms with van der Waals surface area (Å²) >= 11 is 0. The van der Waals surface area contributed by atoms with Crippen LogP contribution in [0.4, 0.5) is 4.79 Å². The molecule has 1 aliphatic heterocycles. The van der Waals surface area contributed by atoms with Crippen molar-refractivity contribution in [2.45, 2.75) is 65.1 Å². The molecule has 0 unspecified atom stereocenters. The normalized spacial score (nSPS) is 18.2. The minimum atomic E-state index is -0.558. The van der Waals surface area contributed by atoms with E-state index in [9.17, 15) is 9.59 Å². The van der Waals surface area contributed by atoms with E-state index in [1.54, 1.807) is 4.90 Å². The number of piperidine rings is 1. The highest BCUT2D eigenvalue weighted by atomic mass is 16.6. The van der Waals surface area contributed by atoms with E-state index in [1.165, 1.54) is 0 Å². The van der Waals surface area contributed by atoms with E-state index in [2.05, 4.69) is 5.32 Å². The van der Waals surface area contributed by atoms with Gasteiger partial charge in [0.2, 0.25) is 5.91 Å². The van der Waals surface area contributed by atoms with Crippen molar-refractivity contribution in [2.24, 2.45) is 0 Å². The minimum Gasteiger partial charge on any atom is -0.444 e. The molecular formula is C19H28N2O3. The lowest BCUT2D eigenvalue weighted by molar-refractivity contribution is -0.127. The summed E-state index contributed by atoms with van der Waals surface area (Å²) in [5.41, 5.74) is 1.66. The smallest absolute Gasteiger partial charge is 0.410 e. The highest BCUT2D eigenvalue weighted by molar-refractivity contribution is 5.85. The number of nitrogens with one attached hydrogen (secondary N) is 1. The molecule has 1 saturated heterocycles. The molecule has 5 nitrogen and oxygen atoms in total. The molecule has 0 saturated carbocycles. The maximum atomic E-state index is 12.6. The van der Waals surface area contributed by atoms with Gasteiger partial charge in [-0.25, -0.2) is 4.79 Å². The average molecular weight is 332 g/mol. The van der Waals surface area contributed by atoms with E-state index in [4.69, 9.17) is 4.74 Å². The summed E-state index contributed by atoms with van der Waals surface area (Å²) in [6.07, 6.45) is 2.12. The predicted molar refractivity (Wildman–Crippen MR) is 93.6 cm³/mol. The zero-order chi connectivity index (χ0) is 17.7. The molecule has 0 bridgehead atoms. The Hall–Kier alpha value is -2.04. The zero-order valence-corrected chi connectivity index (χ0v) is 15.1. The number of carbonyl (C=O) groups excluding carboxylic acids is 2. The third-order valence-corrected chi connectivity index (χ3v) is 3.98. The molecule has 2 amide bonds. The first-order chi connectivity index (χ1) is 11.3. The van der Waals surface area contributed by atoms with E-state index < -0.39 is 17.7 Å². The van der Waals surface area contributed by atoms with Gasteiger partial charge in [0, 0.05) is 13.1 Å². The van der Waals surface area contributed by atoms with Crippen molar-refractivity contribution in [3.63, 3.8) is 0 Å². The van der Waals surface area contributed by atoms with E-state index in [-0.39, 0.29) is 5.91 Å². The van der Waals surface area contributed by atoms with Crippen LogP contribution in [0.15, 0.2) is 24.3 Å². The summed E-state index contributed by atoms with van der Waals surface area (Å²) in [7, 11) is 0. The van der Waals surface area contributed by atoms with Crippen molar-refractivity contribution in [2.75, 3.05) is 6.54 Å². The number of hydrogen-bond donors (Lipinski definition) is 1. The van der Waals surface area contributed by atoms with Crippen molar-refractivity contribution in [1.82, 2.24) is 10.2 Å². The summed E-state index contributed by atoms with van der Waals surface area (Å²) in [6.45, 7) is 8.57. The summed E-state index contributed by atoms with van der Waals surface area (Å²) in [5, 5.41) is 2.96. The molecule has 1 aromatic rings. The molecule has 1 aromatic carbocycles. The largest absolute Gasteiger partial charge is 0.444 e. The van der Waals surface area contributed by atoms with Crippen molar-refractivity contribution < 1.29 is 14.3 Å². The van der Waals surface area contributed by atoms with Crippen LogP contribution in [0.25, 0.3) is 0 Å². The second-order valence-electron chi connectivity index (χ2n) is 7.39.